The van der Waals surface area contributed by atoms with Crippen LogP contribution in [0.15, 0.2) is 18.2 Å². The Kier molecular flexibility index (Phi) is 4.49. The van der Waals surface area contributed by atoms with Gasteiger partial charge in [-0.25, -0.2) is 0 Å². The van der Waals surface area contributed by atoms with E-state index in [-0.39, 0.29) is 29.0 Å². The molecule has 110 valence electrons. The predicted octanol–water partition coefficient (Wildman–Crippen LogP) is 1.69. The second kappa shape index (κ2) is 6.13. The van der Waals surface area contributed by atoms with Crippen molar-refractivity contribution in [2.45, 2.75) is 32.2 Å². The van der Waals surface area contributed by atoms with E-state index in [1.165, 1.54) is 18.2 Å². The van der Waals surface area contributed by atoms with Crippen molar-refractivity contribution in [1.29, 1.82) is 0 Å². The summed E-state index contributed by atoms with van der Waals surface area (Å²) in [6, 6.07) is 4.14. The van der Waals surface area contributed by atoms with Crippen LogP contribution >= 0.6 is 0 Å². The number of aromatic hydroxyl groups is 2. The maximum absolute atomic E-state index is 12.6. The molecule has 4 N–H and O–H groups in total. The van der Waals surface area contributed by atoms with Gasteiger partial charge in [0, 0.05) is 12.6 Å². The number of carbonyl (C=O) groups is 1. The molecule has 0 bridgehead atoms. The number of nitrogens with two attached hydrogens (primary N) is 1. The van der Waals surface area contributed by atoms with E-state index in [1.807, 2.05) is 6.92 Å². The Balaban J connectivity index is 2.27. The minimum atomic E-state index is -0.244. The maximum Gasteiger partial charge on any atom is 0.257 e. The van der Waals surface area contributed by atoms with Gasteiger partial charge in [-0.05, 0) is 50.4 Å². The van der Waals surface area contributed by atoms with Crippen molar-refractivity contribution in [3.8, 4) is 11.5 Å². The lowest BCUT2D eigenvalue weighted by Gasteiger charge is -2.32. The molecule has 1 aromatic rings. The van der Waals surface area contributed by atoms with Crippen LogP contribution in [-0.2, 0) is 0 Å². The third kappa shape index (κ3) is 2.72. The molecule has 0 aliphatic heterocycles. The average Bonchev–Trinajstić information content (AvgIpc) is 2.90. The Bertz CT molecular complexity index is 490. The third-order valence-corrected chi connectivity index (χ3v) is 4.13. The molecule has 5 heteroatoms. The Morgan fingerprint density at radius 1 is 1.40 bits per heavy atom. The summed E-state index contributed by atoms with van der Waals surface area (Å²) in [5, 5.41) is 19.3. The molecule has 1 amide bonds. The van der Waals surface area contributed by atoms with E-state index < -0.39 is 0 Å². The van der Waals surface area contributed by atoms with Gasteiger partial charge in [0.1, 0.15) is 11.5 Å². The molecule has 0 spiro atoms. The SMILES string of the molecule is CCN(C(=O)c1cc(O)ccc1O)C1CCCC1CN. The molecule has 0 saturated heterocycles. The normalized spacial score (nSPS) is 21.9. The molecule has 0 radical (unpaired) electrons. The molecule has 2 rings (SSSR count). The zero-order chi connectivity index (χ0) is 14.7. The zero-order valence-corrected chi connectivity index (χ0v) is 11.7. The van der Waals surface area contributed by atoms with Crippen molar-refractivity contribution in [2.75, 3.05) is 13.1 Å². The largest absolute Gasteiger partial charge is 0.508 e. The number of benzene rings is 1. The summed E-state index contributed by atoms with van der Waals surface area (Å²) < 4.78 is 0. The number of carbonyl (C=O) groups excluding carboxylic acids is 1. The quantitative estimate of drug-likeness (QED) is 0.731. The highest BCUT2D eigenvalue weighted by molar-refractivity contribution is 5.97. The van der Waals surface area contributed by atoms with Gasteiger partial charge >= 0.3 is 0 Å². The minimum Gasteiger partial charge on any atom is -0.508 e. The molecule has 0 aromatic heterocycles. The first-order chi connectivity index (χ1) is 9.58. The van der Waals surface area contributed by atoms with Gasteiger partial charge in [0.2, 0.25) is 0 Å². The summed E-state index contributed by atoms with van der Waals surface area (Å²) in [6.07, 6.45) is 3.06. The van der Waals surface area contributed by atoms with Crippen LogP contribution in [0.2, 0.25) is 0 Å². The lowest BCUT2D eigenvalue weighted by molar-refractivity contribution is 0.0648. The van der Waals surface area contributed by atoms with Crippen LogP contribution < -0.4 is 5.73 Å². The number of hydrogen-bond donors (Lipinski definition) is 3. The summed E-state index contributed by atoms with van der Waals surface area (Å²) in [5.41, 5.74) is 5.93. The summed E-state index contributed by atoms with van der Waals surface area (Å²) in [6.45, 7) is 3.05. The van der Waals surface area contributed by atoms with Crippen molar-refractivity contribution in [1.82, 2.24) is 4.90 Å². The highest BCUT2D eigenvalue weighted by Gasteiger charge is 2.34. The first-order valence-corrected chi connectivity index (χ1v) is 7.11. The smallest absolute Gasteiger partial charge is 0.257 e. The van der Waals surface area contributed by atoms with E-state index in [0.717, 1.165) is 19.3 Å². The van der Waals surface area contributed by atoms with Gasteiger partial charge in [0.05, 0.1) is 5.56 Å². The first-order valence-electron chi connectivity index (χ1n) is 7.11. The Hall–Kier alpha value is -1.75. The highest BCUT2D eigenvalue weighted by atomic mass is 16.3. The van der Waals surface area contributed by atoms with Crippen molar-refractivity contribution < 1.29 is 15.0 Å². The summed E-state index contributed by atoms with van der Waals surface area (Å²) in [5.74, 6) is -0.0536. The number of amides is 1. The fraction of sp³-hybridized carbons (Fsp3) is 0.533. The van der Waals surface area contributed by atoms with Crippen molar-refractivity contribution in [3.63, 3.8) is 0 Å². The maximum atomic E-state index is 12.6. The monoisotopic (exact) mass is 278 g/mol. The molecule has 0 heterocycles. The summed E-state index contributed by atoms with van der Waals surface area (Å²) in [4.78, 5) is 14.4. The molecule has 2 atom stereocenters. The fourth-order valence-electron chi connectivity index (χ4n) is 3.08. The number of hydrogen-bond acceptors (Lipinski definition) is 4. The van der Waals surface area contributed by atoms with E-state index in [0.29, 0.717) is 19.0 Å². The van der Waals surface area contributed by atoms with E-state index in [1.54, 1.807) is 4.90 Å². The standard InChI is InChI=1S/C15H22N2O3/c1-2-17(13-5-3-4-10(13)9-16)15(20)12-8-11(18)6-7-14(12)19/h6-8,10,13,18-19H,2-5,9,16H2,1H3. The predicted molar refractivity (Wildman–Crippen MR) is 76.7 cm³/mol. The zero-order valence-electron chi connectivity index (χ0n) is 11.7. The first kappa shape index (κ1) is 14.7. The summed E-state index contributed by atoms with van der Waals surface area (Å²) in [7, 11) is 0. The second-order valence-electron chi connectivity index (χ2n) is 5.29. The summed E-state index contributed by atoms with van der Waals surface area (Å²) >= 11 is 0. The van der Waals surface area contributed by atoms with E-state index in [2.05, 4.69) is 0 Å². The van der Waals surface area contributed by atoms with E-state index in [4.69, 9.17) is 5.73 Å². The van der Waals surface area contributed by atoms with Crippen LogP contribution in [-0.4, -0.2) is 40.2 Å². The van der Waals surface area contributed by atoms with Gasteiger partial charge in [-0.1, -0.05) is 6.42 Å². The van der Waals surface area contributed by atoms with E-state index in [9.17, 15) is 15.0 Å². The molecule has 1 aliphatic carbocycles. The van der Waals surface area contributed by atoms with E-state index >= 15 is 0 Å². The van der Waals surface area contributed by atoms with Crippen LogP contribution in [0, 0.1) is 5.92 Å². The number of phenolic OH excluding ortho intramolecular Hbond substituents is 2. The average molecular weight is 278 g/mol. The minimum absolute atomic E-state index is 0.0241. The molecule has 5 nitrogen and oxygen atoms in total. The Labute approximate surface area is 119 Å². The second-order valence-corrected chi connectivity index (χ2v) is 5.29. The van der Waals surface area contributed by atoms with Gasteiger partial charge in [-0.15, -0.1) is 0 Å². The lowest BCUT2D eigenvalue weighted by atomic mass is 10.0. The lowest BCUT2D eigenvalue weighted by Crippen LogP contribution is -2.44. The van der Waals surface area contributed by atoms with Crippen molar-refractivity contribution >= 4 is 5.91 Å². The van der Waals surface area contributed by atoms with Crippen LogP contribution in [0.1, 0.15) is 36.5 Å². The van der Waals surface area contributed by atoms with Crippen molar-refractivity contribution in [3.05, 3.63) is 23.8 Å². The van der Waals surface area contributed by atoms with Crippen LogP contribution in [0.3, 0.4) is 0 Å². The fourth-order valence-corrected chi connectivity index (χ4v) is 3.08. The molecule has 1 aliphatic rings. The van der Waals surface area contributed by atoms with Gasteiger partial charge in [0.25, 0.3) is 5.91 Å². The third-order valence-electron chi connectivity index (χ3n) is 4.13. The Morgan fingerprint density at radius 3 is 2.80 bits per heavy atom. The van der Waals surface area contributed by atoms with Gasteiger partial charge < -0.3 is 20.8 Å². The molecule has 1 fully saturated rings. The van der Waals surface area contributed by atoms with Crippen molar-refractivity contribution in [2.24, 2.45) is 11.7 Å². The number of rotatable bonds is 4. The highest BCUT2D eigenvalue weighted by Crippen LogP contribution is 2.32. The Morgan fingerprint density at radius 2 is 2.15 bits per heavy atom. The molecular formula is C15H22N2O3. The van der Waals surface area contributed by atoms with Gasteiger partial charge in [0.15, 0.2) is 0 Å². The number of nitrogens with zero attached hydrogens (tertiary/aromatic N) is 1. The number of phenols is 2. The van der Waals surface area contributed by atoms with Crippen LogP contribution in [0.4, 0.5) is 0 Å². The van der Waals surface area contributed by atoms with Gasteiger partial charge in [-0.3, -0.25) is 4.79 Å². The topological polar surface area (TPSA) is 86.8 Å². The molecule has 1 aromatic carbocycles. The molecular weight excluding hydrogens is 256 g/mol. The molecule has 20 heavy (non-hydrogen) atoms. The van der Waals surface area contributed by atoms with Gasteiger partial charge in [-0.2, -0.15) is 0 Å². The molecule has 2 unspecified atom stereocenters. The van der Waals surface area contributed by atoms with Crippen LogP contribution in [0.25, 0.3) is 0 Å². The molecule has 1 saturated carbocycles. The van der Waals surface area contributed by atoms with Crippen LogP contribution in [0.5, 0.6) is 11.5 Å².